The molecule has 1 saturated heterocycles. The first kappa shape index (κ1) is 16.1. The van der Waals surface area contributed by atoms with E-state index in [9.17, 15) is 4.79 Å². The fourth-order valence-electron chi connectivity index (χ4n) is 4.43. The fourth-order valence-corrected chi connectivity index (χ4v) is 4.78. The molecule has 2 aromatic rings. The summed E-state index contributed by atoms with van der Waals surface area (Å²) in [7, 11) is 1.49. The Bertz CT molecular complexity index is 760. The molecule has 1 saturated carbocycles. The molecule has 0 radical (unpaired) electrons. The average molecular weight is 392 g/mol. The molecule has 3 heterocycles. The maximum Gasteiger partial charge on any atom is 0.323 e. The number of carbonyl (C=O) groups excluding carboxylic acids is 1. The molecule has 24 heavy (non-hydrogen) atoms. The van der Waals surface area contributed by atoms with Crippen LogP contribution in [0.5, 0.6) is 0 Å². The first-order chi connectivity index (χ1) is 11.7. The molecule has 3 atom stereocenters. The van der Waals surface area contributed by atoms with Crippen molar-refractivity contribution in [3.8, 4) is 0 Å². The number of likely N-dealkylation sites (tertiary alicyclic amines) is 1. The third-order valence-electron chi connectivity index (χ3n) is 5.50. The molecule has 0 bridgehead atoms. The van der Waals surface area contributed by atoms with Gasteiger partial charge in [0.25, 0.3) is 0 Å². The summed E-state index contributed by atoms with van der Waals surface area (Å²) >= 11 is 3.49. The van der Waals surface area contributed by atoms with Gasteiger partial charge < -0.3 is 9.14 Å². The summed E-state index contributed by atoms with van der Waals surface area (Å²) in [5.41, 5.74) is 1.94. The minimum atomic E-state index is -0.125. The van der Waals surface area contributed by atoms with Crippen LogP contribution < -0.4 is 0 Å². The Hall–Kier alpha value is -1.40. The number of hydrogen-bond donors (Lipinski definition) is 0. The van der Waals surface area contributed by atoms with Gasteiger partial charge in [0.2, 0.25) is 0 Å². The Labute approximate surface area is 150 Å². The monoisotopic (exact) mass is 391 g/mol. The number of fused-ring (bicyclic) bond motifs is 2. The molecule has 0 aromatic carbocycles. The Balaban J connectivity index is 1.62. The topological polar surface area (TPSA) is 46.8 Å². The van der Waals surface area contributed by atoms with E-state index in [4.69, 9.17) is 9.72 Å². The van der Waals surface area contributed by atoms with Crippen LogP contribution in [-0.4, -0.2) is 39.4 Å². The van der Waals surface area contributed by atoms with E-state index in [-0.39, 0.29) is 12.0 Å². The van der Waals surface area contributed by atoms with Crippen LogP contribution in [0.4, 0.5) is 0 Å². The van der Waals surface area contributed by atoms with Gasteiger partial charge in [-0.15, -0.1) is 0 Å². The summed E-state index contributed by atoms with van der Waals surface area (Å²) in [6.07, 6.45) is 9.94. The molecule has 1 aliphatic carbocycles. The second-order valence-electron chi connectivity index (χ2n) is 6.90. The lowest BCUT2D eigenvalue weighted by Gasteiger charge is -2.32. The second kappa shape index (κ2) is 6.48. The van der Waals surface area contributed by atoms with Crippen LogP contribution in [0.3, 0.4) is 0 Å². The van der Waals surface area contributed by atoms with E-state index in [1.807, 2.05) is 22.7 Å². The minimum absolute atomic E-state index is 0.101. The number of aromatic nitrogens is 2. The molecule has 3 unspecified atom stereocenters. The fraction of sp³-hybridized carbons (Fsp3) is 0.556. The van der Waals surface area contributed by atoms with E-state index in [1.165, 1.54) is 32.8 Å². The van der Waals surface area contributed by atoms with Crippen molar-refractivity contribution in [3.63, 3.8) is 0 Å². The van der Waals surface area contributed by atoms with Gasteiger partial charge in [-0.3, -0.25) is 9.69 Å². The quantitative estimate of drug-likeness (QED) is 0.752. The zero-order chi connectivity index (χ0) is 16.7. The number of nitrogens with zero attached hydrogens (tertiary/aromatic N) is 3. The van der Waals surface area contributed by atoms with E-state index in [0.29, 0.717) is 18.5 Å². The van der Waals surface area contributed by atoms with Crippen LogP contribution in [0.25, 0.3) is 5.65 Å². The first-order valence-corrected chi connectivity index (χ1v) is 9.41. The summed E-state index contributed by atoms with van der Waals surface area (Å²) in [5.74, 6) is 0.518. The van der Waals surface area contributed by atoms with Crippen molar-refractivity contribution < 1.29 is 9.53 Å². The zero-order valence-electron chi connectivity index (χ0n) is 13.8. The van der Waals surface area contributed by atoms with Gasteiger partial charge in [-0.1, -0.05) is 12.8 Å². The summed E-state index contributed by atoms with van der Waals surface area (Å²) < 4.78 is 8.13. The number of ether oxygens (including phenoxy) is 1. The van der Waals surface area contributed by atoms with E-state index < -0.39 is 0 Å². The lowest BCUT2D eigenvalue weighted by molar-refractivity contribution is -0.146. The third-order valence-corrected chi connectivity index (χ3v) is 5.97. The van der Waals surface area contributed by atoms with Gasteiger partial charge in [0.15, 0.2) is 0 Å². The van der Waals surface area contributed by atoms with Gasteiger partial charge in [0.05, 0.1) is 12.8 Å². The van der Waals surface area contributed by atoms with Crippen LogP contribution in [0.15, 0.2) is 29.0 Å². The van der Waals surface area contributed by atoms with Crippen molar-refractivity contribution in [1.29, 1.82) is 0 Å². The largest absolute Gasteiger partial charge is 0.468 e. The van der Waals surface area contributed by atoms with E-state index in [1.54, 1.807) is 0 Å². The molecule has 128 valence electrons. The lowest BCUT2D eigenvalue weighted by Crippen LogP contribution is -2.42. The highest BCUT2D eigenvalue weighted by Gasteiger charge is 2.45. The van der Waals surface area contributed by atoms with Crippen molar-refractivity contribution >= 4 is 27.5 Å². The molecule has 1 aliphatic heterocycles. The summed E-state index contributed by atoms with van der Waals surface area (Å²) in [6, 6.07) is 4.36. The SMILES string of the molecule is COC(=O)C1CC2CCCCC2N1Cc1cn2cc(Br)ccc2n1. The van der Waals surface area contributed by atoms with E-state index >= 15 is 0 Å². The predicted molar refractivity (Wildman–Crippen MR) is 94.6 cm³/mol. The van der Waals surface area contributed by atoms with Crippen molar-refractivity contribution in [2.45, 2.75) is 50.7 Å². The Kier molecular flexibility index (Phi) is 4.35. The van der Waals surface area contributed by atoms with Crippen molar-refractivity contribution in [3.05, 3.63) is 34.7 Å². The van der Waals surface area contributed by atoms with Gasteiger partial charge in [0.1, 0.15) is 11.7 Å². The lowest BCUT2D eigenvalue weighted by atomic mass is 9.85. The molecule has 0 N–H and O–H groups in total. The molecule has 2 fully saturated rings. The van der Waals surface area contributed by atoms with Crippen LogP contribution >= 0.6 is 15.9 Å². The Morgan fingerprint density at radius 3 is 3.00 bits per heavy atom. The van der Waals surface area contributed by atoms with Gasteiger partial charge in [-0.05, 0) is 53.2 Å². The van der Waals surface area contributed by atoms with Gasteiger partial charge >= 0.3 is 5.97 Å². The molecular formula is C18H22BrN3O2. The van der Waals surface area contributed by atoms with Gasteiger partial charge in [-0.25, -0.2) is 4.98 Å². The average Bonchev–Trinajstić information content (AvgIpc) is 3.15. The number of imidazole rings is 1. The molecule has 2 aliphatic rings. The number of carbonyl (C=O) groups is 1. The maximum absolute atomic E-state index is 12.3. The molecule has 4 rings (SSSR count). The van der Waals surface area contributed by atoms with Crippen molar-refractivity contribution in [2.24, 2.45) is 5.92 Å². The molecule has 0 amide bonds. The van der Waals surface area contributed by atoms with Crippen LogP contribution in [-0.2, 0) is 16.1 Å². The Morgan fingerprint density at radius 1 is 1.33 bits per heavy atom. The van der Waals surface area contributed by atoms with Crippen LogP contribution in [0, 0.1) is 5.92 Å². The Morgan fingerprint density at radius 2 is 2.17 bits per heavy atom. The number of methoxy groups -OCH3 is 1. The van der Waals surface area contributed by atoms with E-state index in [0.717, 1.165) is 22.2 Å². The van der Waals surface area contributed by atoms with Crippen molar-refractivity contribution in [2.75, 3.05) is 7.11 Å². The van der Waals surface area contributed by atoms with E-state index in [2.05, 4.69) is 27.0 Å². The molecular weight excluding hydrogens is 370 g/mol. The number of halogens is 1. The molecule has 5 nitrogen and oxygen atoms in total. The first-order valence-electron chi connectivity index (χ1n) is 8.62. The second-order valence-corrected chi connectivity index (χ2v) is 7.82. The zero-order valence-corrected chi connectivity index (χ0v) is 15.4. The smallest absolute Gasteiger partial charge is 0.323 e. The molecule has 6 heteroatoms. The number of esters is 1. The number of pyridine rings is 1. The molecule has 0 spiro atoms. The normalized spacial score (nSPS) is 27.3. The van der Waals surface area contributed by atoms with Crippen molar-refractivity contribution in [1.82, 2.24) is 14.3 Å². The van der Waals surface area contributed by atoms with Gasteiger partial charge in [0, 0.05) is 29.5 Å². The third kappa shape index (κ3) is 2.86. The summed E-state index contributed by atoms with van der Waals surface area (Å²) in [4.78, 5) is 19.3. The highest BCUT2D eigenvalue weighted by molar-refractivity contribution is 9.10. The van der Waals surface area contributed by atoms with Gasteiger partial charge in [-0.2, -0.15) is 0 Å². The van der Waals surface area contributed by atoms with Crippen LogP contribution in [0.2, 0.25) is 0 Å². The number of hydrogen-bond acceptors (Lipinski definition) is 4. The predicted octanol–water partition coefficient (Wildman–Crippen LogP) is 3.40. The molecule has 2 aromatic heterocycles. The minimum Gasteiger partial charge on any atom is -0.468 e. The number of rotatable bonds is 3. The summed E-state index contributed by atoms with van der Waals surface area (Å²) in [5, 5.41) is 0. The standard InChI is InChI=1S/C18H22BrN3O2/c1-24-18(23)16-8-12-4-2-3-5-15(12)22(16)11-14-10-21-9-13(19)6-7-17(21)20-14/h6-7,9-10,12,15-16H,2-5,8,11H2,1H3. The van der Waals surface area contributed by atoms with Crippen LogP contribution in [0.1, 0.15) is 37.8 Å². The maximum atomic E-state index is 12.3. The summed E-state index contributed by atoms with van der Waals surface area (Å²) in [6.45, 7) is 0.709. The highest BCUT2D eigenvalue weighted by Crippen LogP contribution is 2.40. The highest BCUT2D eigenvalue weighted by atomic mass is 79.9.